The Labute approximate surface area is 178 Å². The minimum absolute atomic E-state index is 0.130. The fourth-order valence-corrected chi connectivity index (χ4v) is 5.54. The smallest absolute Gasteiger partial charge is 0.307 e. The second kappa shape index (κ2) is 8.78. The van der Waals surface area contributed by atoms with Crippen LogP contribution in [0.15, 0.2) is 36.4 Å². The number of rotatable bonds is 7. The highest BCUT2D eigenvalue weighted by molar-refractivity contribution is 7.90. The minimum Gasteiger partial charge on any atom is -0.307 e. The van der Waals surface area contributed by atoms with Gasteiger partial charge in [0, 0.05) is 18.8 Å². The Balaban J connectivity index is 1.36. The molecule has 2 amide bonds. The average molecular weight is 428 g/mol. The molecular weight excluding hydrogens is 398 g/mol. The van der Waals surface area contributed by atoms with E-state index in [9.17, 15) is 13.2 Å². The lowest BCUT2D eigenvalue weighted by Crippen LogP contribution is -2.39. The Hall–Kier alpha value is -2.38. The van der Waals surface area contributed by atoms with Crippen molar-refractivity contribution in [3.05, 3.63) is 64.2 Å². The third kappa shape index (κ3) is 4.84. The van der Waals surface area contributed by atoms with Gasteiger partial charge in [0.25, 0.3) is 0 Å². The molecule has 2 aromatic carbocycles. The second-order valence-electron chi connectivity index (χ2n) is 8.33. The molecule has 0 saturated heterocycles. The highest BCUT2D eigenvalue weighted by Gasteiger charge is 2.26. The number of hydrogen-bond acceptors (Lipinski definition) is 4. The fourth-order valence-electron chi connectivity index (χ4n) is 4.55. The van der Waals surface area contributed by atoms with Crippen molar-refractivity contribution < 1.29 is 13.2 Å². The third-order valence-electron chi connectivity index (χ3n) is 6.00. The maximum Gasteiger partial charge on any atom is 0.332 e. The van der Waals surface area contributed by atoms with E-state index in [4.69, 9.17) is 0 Å². The molecular formula is C23H29N3O3S. The van der Waals surface area contributed by atoms with Crippen molar-refractivity contribution in [2.45, 2.75) is 45.1 Å². The molecule has 2 N–H and O–H groups in total. The van der Waals surface area contributed by atoms with E-state index >= 15 is 0 Å². The van der Waals surface area contributed by atoms with Gasteiger partial charge in [-0.15, -0.1) is 0 Å². The summed E-state index contributed by atoms with van der Waals surface area (Å²) >= 11 is 0. The number of carbonyl (C=O) groups is 1. The number of anilines is 1. The van der Waals surface area contributed by atoms with Crippen molar-refractivity contribution in [3.8, 4) is 0 Å². The van der Waals surface area contributed by atoms with Crippen LogP contribution in [0.1, 0.15) is 40.7 Å². The number of sulfonamides is 1. The van der Waals surface area contributed by atoms with Crippen LogP contribution in [0, 0.1) is 0 Å². The van der Waals surface area contributed by atoms with Crippen LogP contribution in [-0.2, 0) is 42.3 Å². The first kappa shape index (κ1) is 20.9. The van der Waals surface area contributed by atoms with Crippen molar-refractivity contribution in [2.75, 3.05) is 24.7 Å². The normalized spacial score (nSPS) is 15.1. The molecule has 6 nitrogen and oxygen atoms in total. The highest BCUT2D eigenvalue weighted by Crippen LogP contribution is 2.38. The maximum absolute atomic E-state index is 12.5. The fraction of sp³-hybridized carbons (Fsp3) is 0.435. The lowest BCUT2D eigenvalue weighted by atomic mass is 9.99. The summed E-state index contributed by atoms with van der Waals surface area (Å²) in [5.41, 5.74) is 6.95. The number of benzene rings is 2. The first-order valence-electron chi connectivity index (χ1n) is 10.6. The van der Waals surface area contributed by atoms with E-state index < -0.39 is 16.1 Å². The molecule has 160 valence electrons. The van der Waals surface area contributed by atoms with Gasteiger partial charge in [0.2, 0.25) is 10.0 Å². The molecule has 2 aliphatic carbocycles. The van der Waals surface area contributed by atoms with Crippen LogP contribution in [0.2, 0.25) is 0 Å². The van der Waals surface area contributed by atoms with Gasteiger partial charge < -0.3 is 10.2 Å². The SMILES string of the molecule is CN(CCS(=O)(=O)NC(=O)Nc1c2c(cc3c1CCC3)CCC2)Cc1ccccc1. The summed E-state index contributed by atoms with van der Waals surface area (Å²) in [6.45, 7) is 0.998. The quantitative estimate of drug-likeness (QED) is 0.711. The first-order valence-corrected chi connectivity index (χ1v) is 12.3. The zero-order valence-corrected chi connectivity index (χ0v) is 18.2. The molecule has 0 unspecified atom stereocenters. The number of hydrogen-bond donors (Lipinski definition) is 2. The molecule has 0 heterocycles. The van der Waals surface area contributed by atoms with Gasteiger partial charge >= 0.3 is 6.03 Å². The summed E-state index contributed by atoms with van der Waals surface area (Å²) in [5.74, 6) is -0.130. The Morgan fingerprint density at radius 1 is 1.00 bits per heavy atom. The van der Waals surface area contributed by atoms with Crippen molar-refractivity contribution in [1.29, 1.82) is 0 Å². The van der Waals surface area contributed by atoms with Crippen LogP contribution >= 0.6 is 0 Å². The summed E-state index contributed by atoms with van der Waals surface area (Å²) in [7, 11) is -1.85. The molecule has 7 heteroatoms. The summed E-state index contributed by atoms with van der Waals surface area (Å²) in [6.07, 6.45) is 6.11. The van der Waals surface area contributed by atoms with Crippen molar-refractivity contribution in [3.63, 3.8) is 0 Å². The third-order valence-corrected chi connectivity index (χ3v) is 7.21. The average Bonchev–Trinajstić information content (AvgIpc) is 3.36. The Morgan fingerprint density at radius 2 is 1.63 bits per heavy atom. The molecule has 0 atom stereocenters. The van der Waals surface area contributed by atoms with Gasteiger partial charge in [-0.05, 0) is 73.4 Å². The zero-order chi connectivity index (χ0) is 21.1. The number of nitrogens with one attached hydrogen (secondary N) is 2. The number of amides is 2. The Morgan fingerprint density at radius 3 is 2.27 bits per heavy atom. The van der Waals surface area contributed by atoms with Gasteiger partial charge in [-0.1, -0.05) is 36.4 Å². The zero-order valence-electron chi connectivity index (χ0n) is 17.4. The van der Waals surface area contributed by atoms with E-state index in [0.717, 1.165) is 49.8 Å². The van der Waals surface area contributed by atoms with Gasteiger partial charge in [-0.3, -0.25) is 0 Å². The van der Waals surface area contributed by atoms with Crippen LogP contribution < -0.4 is 10.0 Å². The van der Waals surface area contributed by atoms with Crippen LogP contribution in [0.25, 0.3) is 0 Å². The minimum atomic E-state index is -3.72. The topological polar surface area (TPSA) is 78.5 Å². The number of fused-ring (bicyclic) bond motifs is 2. The second-order valence-corrected chi connectivity index (χ2v) is 10.2. The Bertz CT molecular complexity index is 1000. The summed E-state index contributed by atoms with van der Waals surface area (Å²) in [4.78, 5) is 14.5. The molecule has 0 saturated carbocycles. The van der Waals surface area contributed by atoms with E-state index in [-0.39, 0.29) is 5.75 Å². The van der Waals surface area contributed by atoms with Crippen LogP contribution in [-0.4, -0.2) is 38.7 Å². The molecule has 0 aliphatic heterocycles. The number of nitrogens with zero attached hydrogens (tertiary/aromatic N) is 1. The van der Waals surface area contributed by atoms with E-state index in [2.05, 4.69) is 16.1 Å². The maximum atomic E-state index is 12.5. The van der Waals surface area contributed by atoms with Crippen molar-refractivity contribution >= 4 is 21.7 Å². The molecule has 0 aromatic heterocycles. The molecule has 0 bridgehead atoms. The monoisotopic (exact) mass is 427 g/mol. The lowest BCUT2D eigenvalue weighted by molar-refractivity contribution is 0.256. The number of aryl methyl sites for hydroxylation is 2. The highest BCUT2D eigenvalue weighted by atomic mass is 32.2. The van der Waals surface area contributed by atoms with E-state index in [0.29, 0.717) is 13.1 Å². The van der Waals surface area contributed by atoms with Crippen LogP contribution in [0.4, 0.5) is 10.5 Å². The van der Waals surface area contributed by atoms with E-state index in [1.165, 1.54) is 22.3 Å². The summed E-state index contributed by atoms with van der Waals surface area (Å²) < 4.78 is 27.1. The standard InChI is InChI=1S/C23H29N3O3S/c1-26(16-17-7-3-2-4-8-17)13-14-30(28,29)25-23(27)24-22-20-11-5-9-18(20)15-19-10-6-12-21(19)22/h2-4,7-8,15H,5-6,9-14,16H2,1H3,(H2,24,25,27). The van der Waals surface area contributed by atoms with Crippen molar-refractivity contribution in [1.82, 2.24) is 9.62 Å². The molecule has 2 aromatic rings. The lowest BCUT2D eigenvalue weighted by Gasteiger charge is -2.18. The van der Waals surface area contributed by atoms with Crippen LogP contribution in [0.5, 0.6) is 0 Å². The molecule has 0 fully saturated rings. The summed E-state index contributed by atoms with van der Waals surface area (Å²) in [6, 6.07) is 11.5. The number of urea groups is 1. The number of carbonyl (C=O) groups excluding carboxylic acids is 1. The van der Waals surface area contributed by atoms with Gasteiger partial charge in [0.15, 0.2) is 0 Å². The van der Waals surface area contributed by atoms with E-state index in [1.807, 2.05) is 42.3 Å². The van der Waals surface area contributed by atoms with Crippen molar-refractivity contribution in [2.24, 2.45) is 0 Å². The largest absolute Gasteiger partial charge is 0.332 e. The van der Waals surface area contributed by atoms with Gasteiger partial charge in [0.1, 0.15) is 0 Å². The van der Waals surface area contributed by atoms with Gasteiger partial charge in [-0.2, -0.15) is 0 Å². The molecule has 4 rings (SSSR count). The predicted octanol–water partition coefficient (Wildman–Crippen LogP) is 3.25. The first-order chi connectivity index (χ1) is 14.4. The molecule has 2 aliphatic rings. The summed E-state index contributed by atoms with van der Waals surface area (Å²) in [5, 5.41) is 2.88. The van der Waals surface area contributed by atoms with E-state index in [1.54, 1.807) is 0 Å². The molecule has 0 radical (unpaired) electrons. The molecule has 30 heavy (non-hydrogen) atoms. The van der Waals surface area contributed by atoms with Crippen LogP contribution in [0.3, 0.4) is 0 Å². The Kier molecular flexibility index (Phi) is 6.11. The predicted molar refractivity (Wildman–Crippen MR) is 119 cm³/mol. The van der Waals surface area contributed by atoms with Gasteiger partial charge in [-0.25, -0.2) is 17.9 Å². The van der Waals surface area contributed by atoms with Gasteiger partial charge in [0.05, 0.1) is 5.75 Å². The molecule has 0 spiro atoms.